The summed E-state index contributed by atoms with van der Waals surface area (Å²) in [5.41, 5.74) is 2.61. The summed E-state index contributed by atoms with van der Waals surface area (Å²) in [7, 11) is 2.12. The molecule has 1 aliphatic heterocycles. The number of hydrogen-bond donors (Lipinski definition) is 1. The molecule has 2 bridgehead atoms. The van der Waals surface area contributed by atoms with Crippen molar-refractivity contribution in [3.8, 4) is 0 Å². The van der Waals surface area contributed by atoms with Crippen LogP contribution < -0.4 is 10.2 Å². The van der Waals surface area contributed by atoms with Crippen LogP contribution in [0.5, 0.6) is 0 Å². The summed E-state index contributed by atoms with van der Waals surface area (Å²) in [5.74, 6) is 1.61. The highest BCUT2D eigenvalue weighted by Gasteiger charge is 2.41. The molecule has 0 aromatic carbocycles. The summed E-state index contributed by atoms with van der Waals surface area (Å²) in [4.78, 5) is 7.21. The second kappa shape index (κ2) is 5.03. The summed E-state index contributed by atoms with van der Waals surface area (Å²) in [5, 5.41) is 3.52. The number of nitrogens with one attached hydrogen (secondary N) is 1. The second-order valence-corrected chi connectivity index (χ2v) is 7.47. The maximum absolute atomic E-state index is 4.68. The molecule has 1 aliphatic carbocycles. The zero-order valence-electron chi connectivity index (χ0n) is 13.2. The molecule has 1 N–H and O–H groups in total. The number of aromatic nitrogens is 1. The Hall–Kier alpha value is -1.09. The molecule has 1 saturated carbocycles. The van der Waals surface area contributed by atoms with Gasteiger partial charge in [-0.25, -0.2) is 0 Å². The Morgan fingerprint density at radius 2 is 1.80 bits per heavy atom. The van der Waals surface area contributed by atoms with Gasteiger partial charge in [0, 0.05) is 30.2 Å². The van der Waals surface area contributed by atoms with Crippen LogP contribution in [0.3, 0.4) is 0 Å². The fourth-order valence-electron chi connectivity index (χ4n) is 3.92. The third-order valence-corrected chi connectivity index (χ3v) is 5.05. The molecule has 1 aromatic rings. The van der Waals surface area contributed by atoms with Crippen LogP contribution in [0.15, 0.2) is 18.3 Å². The standard InChI is InChI=1S/C17H27N3/c1-17(2,3)15-8-7-14(9-19-15)20-10-12-5-6-13(11-20)16(12)18-4/h7-9,12-13,16,18H,5-6,10-11H2,1-4H3. The Kier molecular flexibility index (Phi) is 3.49. The van der Waals surface area contributed by atoms with E-state index in [9.17, 15) is 0 Å². The van der Waals surface area contributed by atoms with Crippen molar-refractivity contribution in [1.29, 1.82) is 0 Å². The molecule has 1 saturated heterocycles. The van der Waals surface area contributed by atoms with Gasteiger partial charge in [-0.2, -0.15) is 0 Å². The van der Waals surface area contributed by atoms with Crippen LogP contribution in [0.4, 0.5) is 5.69 Å². The molecule has 0 spiro atoms. The summed E-state index contributed by atoms with van der Waals surface area (Å²) in [6.07, 6.45) is 4.82. The largest absolute Gasteiger partial charge is 0.370 e. The number of nitrogens with zero attached hydrogens (tertiary/aromatic N) is 2. The fourth-order valence-corrected chi connectivity index (χ4v) is 3.92. The minimum atomic E-state index is 0.136. The van der Waals surface area contributed by atoms with Gasteiger partial charge in [0.05, 0.1) is 11.9 Å². The maximum Gasteiger partial charge on any atom is 0.0553 e. The molecule has 3 rings (SSSR count). The molecule has 1 aromatic heterocycles. The highest BCUT2D eigenvalue weighted by Crippen LogP contribution is 2.38. The normalized spacial score (nSPS) is 29.8. The summed E-state index contributed by atoms with van der Waals surface area (Å²) >= 11 is 0. The molecule has 3 heteroatoms. The van der Waals surface area contributed by atoms with Crippen molar-refractivity contribution in [2.45, 2.75) is 45.1 Å². The van der Waals surface area contributed by atoms with Crippen molar-refractivity contribution in [1.82, 2.24) is 10.3 Å². The number of fused-ring (bicyclic) bond motifs is 2. The van der Waals surface area contributed by atoms with E-state index in [0.29, 0.717) is 0 Å². The lowest BCUT2D eigenvalue weighted by molar-refractivity contribution is 0.313. The van der Waals surface area contributed by atoms with Crippen LogP contribution in [-0.2, 0) is 5.41 Å². The smallest absolute Gasteiger partial charge is 0.0553 e. The predicted octanol–water partition coefficient (Wildman–Crippen LogP) is 2.81. The SMILES string of the molecule is CNC1C2CCC1CN(c1ccc(C(C)(C)C)nc1)C2. The first-order valence-electron chi connectivity index (χ1n) is 7.88. The Bertz CT molecular complexity index is 446. The van der Waals surface area contributed by atoms with Gasteiger partial charge in [0.2, 0.25) is 0 Å². The lowest BCUT2D eigenvalue weighted by Gasteiger charge is -2.39. The van der Waals surface area contributed by atoms with Crippen LogP contribution in [-0.4, -0.2) is 31.2 Å². The van der Waals surface area contributed by atoms with E-state index in [1.54, 1.807) is 0 Å². The zero-order chi connectivity index (χ0) is 14.3. The first-order valence-corrected chi connectivity index (χ1v) is 7.88. The molecule has 2 fully saturated rings. The average Bonchev–Trinajstić information content (AvgIpc) is 2.66. The molecule has 2 atom stereocenters. The van der Waals surface area contributed by atoms with E-state index in [4.69, 9.17) is 0 Å². The van der Waals surface area contributed by atoms with Crippen molar-refractivity contribution in [3.05, 3.63) is 24.0 Å². The highest BCUT2D eigenvalue weighted by molar-refractivity contribution is 5.46. The van der Waals surface area contributed by atoms with Crippen molar-refractivity contribution in [2.75, 3.05) is 25.0 Å². The van der Waals surface area contributed by atoms with Gasteiger partial charge in [-0.05, 0) is 43.9 Å². The van der Waals surface area contributed by atoms with Crippen molar-refractivity contribution >= 4 is 5.69 Å². The van der Waals surface area contributed by atoms with Gasteiger partial charge in [0.1, 0.15) is 0 Å². The monoisotopic (exact) mass is 273 g/mol. The molecule has 0 amide bonds. The van der Waals surface area contributed by atoms with Crippen LogP contribution in [0, 0.1) is 11.8 Å². The van der Waals surface area contributed by atoms with E-state index in [-0.39, 0.29) is 5.41 Å². The Morgan fingerprint density at radius 3 is 2.25 bits per heavy atom. The van der Waals surface area contributed by atoms with Gasteiger partial charge in [0.25, 0.3) is 0 Å². The maximum atomic E-state index is 4.68. The average molecular weight is 273 g/mol. The number of pyridine rings is 1. The van der Waals surface area contributed by atoms with Gasteiger partial charge in [-0.1, -0.05) is 20.8 Å². The molecular weight excluding hydrogens is 246 g/mol. The van der Waals surface area contributed by atoms with E-state index in [0.717, 1.165) is 17.9 Å². The van der Waals surface area contributed by atoms with Crippen molar-refractivity contribution in [3.63, 3.8) is 0 Å². The lowest BCUT2D eigenvalue weighted by atomic mass is 9.91. The van der Waals surface area contributed by atoms with E-state index < -0.39 is 0 Å². The molecular formula is C17H27N3. The molecule has 0 radical (unpaired) electrons. The van der Waals surface area contributed by atoms with Gasteiger partial charge >= 0.3 is 0 Å². The van der Waals surface area contributed by atoms with Crippen molar-refractivity contribution < 1.29 is 0 Å². The molecule has 3 nitrogen and oxygen atoms in total. The fraction of sp³-hybridized carbons (Fsp3) is 0.706. The number of hydrogen-bond acceptors (Lipinski definition) is 3. The molecule has 20 heavy (non-hydrogen) atoms. The molecule has 2 heterocycles. The topological polar surface area (TPSA) is 28.2 Å². The molecule has 110 valence electrons. The van der Waals surface area contributed by atoms with E-state index >= 15 is 0 Å². The van der Waals surface area contributed by atoms with Gasteiger partial charge < -0.3 is 10.2 Å². The highest BCUT2D eigenvalue weighted by atomic mass is 15.2. The van der Waals surface area contributed by atoms with Gasteiger partial charge in [0.15, 0.2) is 0 Å². The van der Waals surface area contributed by atoms with Gasteiger partial charge in [-0.3, -0.25) is 4.98 Å². The number of anilines is 1. The lowest BCUT2D eigenvalue weighted by Crippen LogP contribution is -2.50. The first kappa shape index (κ1) is 13.9. The number of piperidine rings is 1. The Labute approximate surface area is 122 Å². The Morgan fingerprint density at radius 1 is 1.15 bits per heavy atom. The predicted molar refractivity (Wildman–Crippen MR) is 84.2 cm³/mol. The van der Waals surface area contributed by atoms with Gasteiger partial charge in [-0.15, -0.1) is 0 Å². The van der Waals surface area contributed by atoms with Crippen LogP contribution in [0.25, 0.3) is 0 Å². The van der Waals surface area contributed by atoms with E-state index in [1.165, 1.54) is 37.3 Å². The van der Waals surface area contributed by atoms with Crippen LogP contribution in [0.1, 0.15) is 39.3 Å². The van der Waals surface area contributed by atoms with Crippen LogP contribution >= 0.6 is 0 Å². The number of rotatable bonds is 2. The second-order valence-electron chi connectivity index (χ2n) is 7.47. The summed E-state index contributed by atoms with van der Waals surface area (Å²) in [6, 6.07) is 5.18. The minimum absolute atomic E-state index is 0.136. The van der Waals surface area contributed by atoms with Crippen molar-refractivity contribution in [2.24, 2.45) is 11.8 Å². The Balaban J connectivity index is 1.75. The van der Waals surface area contributed by atoms with E-state index in [2.05, 4.69) is 61.3 Å². The molecule has 2 unspecified atom stereocenters. The third-order valence-electron chi connectivity index (χ3n) is 5.05. The summed E-state index contributed by atoms with van der Waals surface area (Å²) in [6.45, 7) is 9.01. The first-order chi connectivity index (χ1) is 9.49. The van der Waals surface area contributed by atoms with E-state index in [1.807, 2.05) is 0 Å². The molecule has 2 aliphatic rings. The third kappa shape index (κ3) is 2.44. The minimum Gasteiger partial charge on any atom is -0.370 e. The quantitative estimate of drug-likeness (QED) is 0.898. The van der Waals surface area contributed by atoms with Crippen LogP contribution in [0.2, 0.25) is 0 Å². The zero-order valence-corrected chi connectivity index (χ0v) is 13.2. The summed E-state index contributed by atoms with van der Waals surface area (Å²) < 4.78 is 0.